The molecule has 39 heavy (non-hydrogen) atoms. The van der Waals surface area contributed by atoms with Gasteiger partial charge in [0.05, 0.1) is 17.4 Å². The number of carbonyl (C=O) groups excluding carboxylic acids is 1. The molecule has 3 aromatic carbocycles. The molecule has 0 amide bonds. The third kappa shape index (κ3) is 5.43. The molecular weight excluding hydrogens is 498 g/mol. The first-order valence-corrected chi connectivity index (χ1v) is 12.6. The Morgan fingerprint density at radius 2 is 1.51 bits per heavy atom. The number of nitro groups is 1. The zero-order valence-corrected chi connectivity index (χ0v) is 21.4. The summed E-state index contributed by atoms with van der Waals surface area (Å²) >= 11 is 0. The minimum atomic E-state index is -1.14. The molecule has 1 aromatic heterocycles. The second kappa shape index (κ2) is 11.3. The van der Waals surface area contributed by atoms with E-state index in [0.717, 1.165) is 22.3 Å². The standard InChI is InChI=1S/C30H27N3O6/c1-37-28(34)30(17-16-23-14-8-9-15-24(23)30)18-25-26(33(35)36)27(38-19-21-10-4-2-5-11-21)32-29(31-25)39-20-22-12-6-3-7-13-22/h2-15H,16-20H2,1H3. The fraction of sp³-hybridized carbons (Fsp3) is 0.233. The van der Waals surface area contributed by atoms with Crippen molar-refractivity contribution < 1.29 is 23.9 Å². The van der Waals surface area contributed by atoms with Crippen molar-refractivity contribution in [1.82, 2.24) is 9.97 Å². The SMILES string of the molecule is COC(=O)C1(Cc2nc(OCc3ccccc3)nc(OCc3ccccc3)c2[N+](=O)[O-])CCc2ccccc21. The van der Waals surface area contributed by atoms with Crippen LogP contribution in [0.4, 0.5) is 5.69 Å². The smallest absolute Gasteiger partial charge is 0.352 e. The van der Waals surface area contributed by atoms with E-state index >= 15 is 0 Å². The molecule has 0 bridgehead atoms. The predicted octanol–water partition coefficient (Wildman–Crippen LogP) is 5.14. The van der Waals surface area contributed by atoms with Crippen LogP contribution in [0.15, 0.2) is 84.9 Å². The maximum Gasteiger partial charge on any atom is 0.352 e. The summed E-state index contributed by atoms with van der Waals surface area (Å²) < 4.78 is 17.0. The summed E-state index contributed by atoms with van der Waals surface area (Å²) in [7, 11) is 1.32. The molecule has 0 radical (unpaired) electrons. The molecule has 1 heterocycles. The maximum atomic E-state index is 13.3. The van der Waals surface area contributed by atoms with Crippen LogP contribution in [0.1, 0.15) is 34.4 Å². The first kappa shape index (κ1) is 25.8. The number of hydrogen-bond donors (Lipinski definition) is 0. The number of benzene rings is 3. The normalized spacial score (nSPS) is 15.8. The fourth-order valence-electron chi connectivity index (χ4n) is 5.01. The lowest BCUT2D eigenvalue weighted by molar-refractivity contribution is -0.387. The van der Waals surface area contributed by atoms with Crippen LogP contribution in [0, 0.1) is 10.1 Å². The number of nitrogens with zero attached hydrogens (tertiary/aromatic N) is 3. The van der Waals surface area contributed by atoms with Crippen LogP contribution in [-0.4, -0.2) is 28.0 Å². The van der Waals surface area contributed by atoms with Crippen LogP contribution in [0.25, 0.3) is 0 Å². The van der Waals surface area contributed by atoms with Crippen molar-refractivity contribution in [3.05, 3.63) is 123 Å². The summed E-state index contributed by atoms with van der Waals surface area (Å²) in [5, 5.41) is 12.4. The van der Waals surface area contributed by atoms with E-state index in [4.69, 9.17) is 14.2 Å². The highest BCUT2D eigenvalue weighted by atomic mass is 16.6. The summed E-state index contributed by atoms with van der Waals surface area (Å²) in [5.74, 6) is -0.693. The summed E-state index contributed by atoms with van der Waals surface area (Å²) in [4.78, 5) is 33.8. The molecule has 1 aliphatic carbocycles. The molecule has 198 valence electrons. The highest BCUT2D eigenvalue weighted by Gasteiger charge is 2.48. The predicted molar refractivity (Wildman–Crippen MR) is 142 cm³/mol. The first-order chi connectivity index (χ1) is 19.0. The van der Waals surface area contributed by atoms with Crippen molar-refractivity contribution in [2.75, 3.05) is 7.11 Å². The second-order valence-corrected chi connectivity index (χ2v) is 9.32. The molecule has 1 aliphatic rings. The lowest BCUT2D eigenvalue weighted by Crippen LogP contribution is -2.37. The molecule has 9 heteroatoms. The van der Waals surface area contributed by atoms with Gasteiger partial charge in [-0.15, -0.1) is 0 Å². The number of aromatic nitrogens is 2. The number of carbonyl (C=O) groups is 1. The highest BCUT2D eigenvalue weighted by Crippen LogP contribution is 2.44. The molecule has 0 spiro atoms. The number of methoxy groups -OCH3 is 1. The monoisotopic (exact) mass is 525 g/mol. The Balaban J connectivity index is 1.57. The van der Waals surface area contributed by atoms with Gasteiger partial charge in [0.25, 0.3) is 0 Å². The van der Waals surface area contributed by atoms with Crippen LogP contribution in [-0.2, 0) is 41.0 Å². The molecule has 0 N–H and O–H groups in total. The summed E-state index contributed by atoms with van der Waals surface area (Å²) in [5.41, 5.74) is 1.98. The van der Waals surface area contributed by atoms with Gasteiger partial charge >= 0.3 is 23.5 Å². The summed E-state index contributed by atoms with van der Waals surface area (Å²) in [6, 6.07) is 26.2. The Labute approximate surface area is 225 Å². The molecular formula is C30H27N3O6. The van der Waals surface area contributed by atoms with Crippen LogP contribution >= 0.6 is 0 Å². The van der Waals surface area contributed by atoms with E-state index in [1.54, 1.807) is 0 Å². The van der Waals surface area contributed by atoms with E-state index in [1.165, 1.54) is 7.11 Å². The molecule has 1 atom stereocenters. The molecule has 0 aliphatic heterocycles. The van der Waals surface area contributed by atoms with Gasteiger partial charge in [-0.3, -0.25) is 14.9 Å². The lowest BCUT2D eigenvalue weighted by atomic mass is 9.77. The average Bonchev–Trinajstić information content (AvgIpc) is 3.34. The van der Waals surface area contributed by atoms with Gasteiger partial charge in [0, 0.05) is 6.42 Å². The van der Waals surface area contributed by atoms with Crippen LogP contribution < -0.4 is 9.47 Å². The Hall–Kier alpha value is -4.79. The quantitative estimate of drug-likeness (QED) is 0.159. The Morgan fingerprint density at radius 3 is 2.15 bits per heavy atom. The maximum absolute atomic E-state index is 13.3. The molecule has 4 aromatic rings. The molecule has 0 fully saturated rings. The van der Waals surface area contributed by atoms with Crippen molar-refractivity contribution in [2.24, 2.45) is 0 Å². The highest BCUT2D eigenvalue weighted by molar-refractivity contribution is 5.85. The number of esters is 1. The minimum absolute atomic E-state index is 0.0447. The lowest BCUT2D eigenvalue weighted by Gasteiger charge is -2.27. The average molecular weight is 526 g/mol. The van der Waals surface area contributed by atoms with E-state index in [2.05, 4.69) is 9.97 Å². The Kier molecular flexibility index (Phi) is 7.49. The van der Waals surface area contributed by atoms with Crippen LogP contribution in [0.2, 0.25) is 0 Å². The van der Waals surface area contributed by atoms with Gasteiger partial charge in [0.15, 0.2) is 0 Å². The Morgan fingerprint density at radius 1 is 0.897 bits per heavy atom. The summed E-state index contributed by atoms with van der Waals surface area (Å²) in [6.45, 7) is 0.211. The Bertz CT molecular complexity index is 1480. The fourth-order valence-corrected chi connectivity index (χ4v) is 5.01. The molecule has 9 nitrogen and oxygen atoms in total. The number of rotatable bonds is 10. The van der Waals surface area contributed by atoms with Gasteiger partial charge in [-0.1, -0.05) is 84.9 Å². The second-order valence-electron chi connectivity index (χ2n) is 9.32. The third-order valence-electron chi connectivity index (χ3n) is 6.91. The van der Waals surface area contributed by atoms with E-state index in [9.17, 15) is 14.9 Å². The zero-order valence-electron chi connectivity index (χ0n) is 21.4. The third-order valence-corrected chi connectivity index (χ3v) is 6.91. The topological polar surface area (TPSA) is 114 Å². The zero-order chi connectivity index (χ0) is 27.2. The minimum Gasteiger partial charge on any atom is -0.468 e. The van der Waals surface area contributed by atoms with Gasteiger partial charge in [0.1, 0.15) is 18.9 Å². The van der Waals surface area contributed by atoms with Gasteiger partial charge in [-0.05, 0) is 35.1 Å². The van der Waals surface area contributed by atoms with Crippen LogP contribution in [0.3, 0.4) is 0 Å². The van der Waals surface area contributed by atoms with E-state index in [-0.39, 0.29) is 37.2 Å². The van der Waals surface area contributed by atoms with Gasteiger partial charge in [-0.2, -0.15) is 9.97 Å². The van der Waals surface area contributed by atoms with E-state index in [1.807, 2.05) is 84.9 Å². The van der Waals surface area contributed by atoms with Crippen molar-refractivity contribution in [3.63, 3.8) is 0 Å². The number of hydrogen-bond acceptors (Lipinski definition) is 8. The van der Waals surface area contributed by atoms with Gasteiger partial charge in [0.2, 0.25) is 0 Å². The number of fused-ring (bicyclic) bond motifs is 1. The molecule has 1 unspecified atom stereocenters. The van der Waals surface area contributed by atoms with Gasteiger partial charge in [-0.25, -0.2) is 0 Å². The first-order valence-electron chi connectivity index (χ1n) is 12.6. The van der Waals surface area contributed by atoms with Crippen molar-refractivity contribution in [3.8, 4) is 11.9 Å². The summed E-state index contributed by atoms with van der Waals surface area (Å²) in [6.07, 6.45) is 0.998. The van der Waals surface area contributed by atoms with Crippen molar-refractivity contribution in [1.29, 1.82) is 0 Å². The number of ether oxygens (including phenoxy) is 3. The number of aryl methyl sites for hydroxylation is 1. The molecule has 0 saturated heterocycles. The van der Waals surface area contributed by atoms with Gasteiger partial charge < -0.3 is 14.2 Å². The van der Waals surface area contributed by atoms with E-state index < -0.39 is 22.0 Å². The molecule has 5 rings (SSSR count). The van der Waals surface area contributed by atoms with Crippen LogP contribution in [0.5, 0.6) is 11.9 Å². The van der Waals surface area contributed by atoms with Crippen molar-refractivity contribution in [2.45, 2.75) is 37.9 Å². The largest absolute Gasteiger partial charge is 0.468 e. The van der Waals surface area contributed by atoms with Crippen molar-refractivity contribution >= 4 is 11.7 Å². The van der Waals surface area contributed by atoms with E-state index in [0.29, 0.717) is 12.8 Å². The molecule has 0 saturated carbocycles.